The summed E-state index contributed by atoms with van der Waals surface area (Å²) in [6.07, 6.45) is 3.52. The summed E-state index contributed by atoms with van der Waals surface area (Å²) in [6, 6.07) is 11.6. The summed E-state index contributed by atoms with van der Waals surface area (Å²) in [5, 5.41) is 12.0. The van der Waals surface area contributed by atoms with Gasteiger partial charge in [0, 0.05) is 12.5 Å². The lowest BCUT2D eigenvalue weighted by Crippen LogP contribution is -2.16. The summed E-state index contributed by atoms with van der Waals surface area (Å²) in [5.74, 6) is 1.73. The van der Waals surface area contributed by atoms with Gasteiger partial charge in [0.05, 0.1) is 6.26 Å². The minimum absolute atomic E-state index is 0.275. The van der Waals surface area contributed by atoms with E-state index in [1.165, 1.54) is 0 Å². The first-order valence-corrected chi connectivity index (χ1v) is 5.94. The molecule has 92 valence electrons. The van der Waals surface area contributed by atoms with Crippen molar-refractivity contribution in [2.45, 2.75) is 25.8 Å². The number of nitriles is 1. The zero-order valence-corrected chi connectivity index (χ0v) is 10.3. The molecule has 4 heteroatoms. The number of aryl methyl sites for hydroxylation is 1. The number of nitrogens with one attached hydrogen (secondary N) is 1. The maximum absolute atomic E-state index is 8.77. The SMILES string of the molecule is CC(CCc1ccco1)Nc1cccc(C#N)n1. The molecule has 0 aliphatic heterocycles. The molecule has 0 spiro atoms. The van der Waals surface area contributed by atoms with Crippen LogP contribution in [-0.4, -0.2) is 11.0 Å². The van der Waals surface area contributed by atoms with Crippen molar-refractivity contribution >= 4 is 5.82 Å². The van der Waals surface area contributed by atoms with Crippen molar-refractivity contribution in [2.75, 3.05) is 5.32 Å². The van der Waals surface area contributed by atoms with Crippen molar-refractivity contribution in [3.8, 4) is 6.07 Å². The third-order valence-electron chi connectivity index (χ3n) is 2.66. The Labute approximate surface area is 106 Å². The van der Waals surface area contributed by atoms with Gasteiger partial charge in [0.2, 0.25) is 0 Å². The van der Waals surface area contributed by atoms with Crippen LogP contribution in [0, 0.1) is 11.3 Å². The van der Waals surface area contributed by atoms with Crippen LogP contribution in [0.15, 0.2) is 41.0 Å². The number of hydrogen-bond acceptors (Lipinski definition) is 4. The van der Waals surface area contributed by atoms with Crippen LogP contribution in [0.2, 0.25) is 0 Å². The fraction of sp³-hybridized carbons (Fsp3) is 0.286. The smallest absolute Gasteiger partial charge is 0.142 e. The molecule has 0 fully saturated rings. The number of aromatic nitrogens is 1. The summed E-state index contributed by atoms with van der Waals surface area (Å²) in [5.41, 5.74) is 0.429. The predicted molar refractivity (Wildman–Crippen MR) is 69.1 cm³/mol. The monoisotopic (exact) mass is 241 g/mol. The highest BCUT2D eigenvalue weighted by Crippen LogP contribution is 2.10. The highest BCUT2D eigenvalue weighted by atomic mass is 16.3. The van der Waals surface area contributed by atoms with E-state index in [1.54, 1.807) is 12.3 Å². The molecule has 4 nitrogen and oxygen atoms in total. The molecule has 2 aromatic rings. The van der Waals surface area contributed by atoms with E-state index >= 15 is 0 Å². The molecule has 2 rings (SSSR count). The van der Waals surface area contributed by atoms with E-state index in [1.807, 2.05) is 30.3 Å². The lowest BCUT2D eigenvalue weighted by atomic mass is 10.1. The fourth-order valence-electron chi connectivity index (χ4n) is 1.72. The Hall–Kier alpha value is -2.28. The molecule has 0 saturated carbocycles. The number of rotatable bonds is 5. The molecular formula is C14H15N3O. The van der Waals surface area contributed by atoms with Crippen molar-refractivity contribution in [1.82, 2.24) is 4.98 Å². The Kier molecular flexibility index (Phi) is 3.98. The Bertz CT molecular complexity index is 528. The molecule has 2 aromatic heterocycles. The quantitative estimate of drug-likeness (QED) is 0.874. The third-order valence-corrected chi connectivity index (χ3v) is 2.66. The number of anilines is 1. The van der Waals surface area contributed by atoms with Crippen molar-refractivity contribution < 1.29 is 4.42 Å². The van der Waals surface area contributed by atoms with E-state index < -0.39 is 0 Å². The maximum Gasteiger partial charge on any atom is 0.142 e. The molecule has 1 atom stereocenters. The average Bonchev–Trinajstić information content (AvgIpc) is 2.90. The van der Waals surface area contributed by atoms with Crippen LogP contribution >= 0.6 is 0 Å². The first kappa shape index (κ1) is 12.2. The molecule has 0 amide bonds. The van der Waals surface area contributed by atoms with Gasteiger partial charge in [0.1, 0.15) is 23.3 Å². The van der Waals surface area contributed by atoms with Crippen molar-refractivity contribution in [3.05, 3.63) is 48.0 Å². The largest absolute Gasteiger partial charge is 0.469 e. The standard InChI is InChI=1S/C14H15N3O/c1-11(7-8-13-5-3-9-18-13)16-14-6-2-4-12(10-15)17-14/h2-6,9,11H,7-8H2,1H3,(H,16,17). The minimum atomic E-state index is 0.275. The van der Waals surface area contributed by atoms with Gasteiger partial charge in [-0.05, 0) is 37.6 Å². The molecule has 2 heterocycles. The second-order valence-corrected chi connectivity index (χ2v) is 4.18. The molecule has 0 aliphatic carbocycles. The predicted octanol–water partition coefficient (Wildman–Crippen LogP) is 2.98. The lowest BCUT2D eigenvalue weighted by molar-refractivity contribution is 0.495. The third kappa shape index (κ3) is 3.36. The molecule has 0 saturated heterocycles. The van der Waals surface area contributed by atoms with Crippen LogP contribution in [0.25, 0.3) is 0 Å². The molecule has 1 N–H and O–H groups in total. The van der Waals surface area contributed by atoms with Crippen LogP contribution < -0.4 is 5.32 Å². The van der Waals surface area contributed by atoms with Gasteiger partial charge in [-0.1, -0.05) is 6.07 Å². The second kappa shape index (κ2) is 5.87. The molecule has 0 bridgehead atoms. The van der Waals surface area contributed by atoms with Crippen molar-refractivity contribution in [3.63, 3.8) is 0 Å². The first-order chi connectivity index (χ1) is 8.78. The first-order valence-electron chi connectivity index (χ1n) is 5.94. The van der Waals surface area contributed by atoms with E-state index in [4.69, 9.17) is 9.68 Å². The summed E-state index contributed by atoms with van der Waals surface area (Å²) in [6.45, 7) is 2.09. The van der Waals surface area contributed by atoms with Crippen LogP contribution in [0.4, 0.5) is 5.82 Å². The molecule has 0 aromatic carbocycles. The lowest BCUT2D eigenvalue weighted by Gasteiger charge is -2.13. The topological polar surface area (TPSA) is 61.9 Å². The number of furan rings is 1. The summed E-state index contributed by atoms with van der Waals surface area (Å²) in [4.78, 5) is 4.18. The zero-order valence-electron chi connectivity index (χ0n) is 10.3. The van der Waals surface area contributed by atoms with E-state index in [9.17, 15) is 0 Å². The van der Waals surface area contributed by atoms with Crippen LogP contribution in [0.5, 0.6) is 0 Å². The number of nitrogens with zero attached hydrogens (tertiary/aromatic N) is 2. The average molecular weight is 241 g/mol. The van der Waals surface area contributed by atoms with Crippen LogP contribution in [-0.2, 0) is 6.42 Å². The van der Waals surface area contributed by atoms with E-state index in [2.05, 4.69) is 17.2 Å². The van der Waals surface area contributed by atoms with Gasteiger partial charge in [-0.25, -0.2) is 4.98 Å². The number of pyridine rings is 1. The fourth-order valence-corrected chi connectivity index (χ4v) is 1.72. The minimum Gasteiger partial charge on any atom is -0.469 e. The summed E-state index contributed by atoms with van der Waals surface area (Å²) in [7, 11) is 0. The highest BCUT2D eigenvalue weighted by molar-refractivity contribution is 5.39. The molecule has 18 heavy (non-hydrogen) atoms. The normalized spacial score (nSPS) is 11.8. The van der Waals surface area contributed by atoms with Gasteiger partial charge in [0.15, 0.2) is 0 Å². The van der Waals surface area contributed by atoms with Crippen LogP contribution in [0.3, 0.4) is 0 Å². The van der Waals surface area contributed by atoms with E-state index in [0.29, 0.717) is 5.69 Å². The van der Waals surface area contributed by atoms with Gasteiger partial charge in [-0.15, -0.1) is 0 Å². The van der Waals surface area contributed by atoms with Gasteiger partial charge >= 0.3 is 0 Å². The Morgan fingerprint density at radius 3 is 3.00 bits per heavy atom. The number of hydrogen-bond donors (Lipinski definition) is 1. The Morgan fingerprint density at radius 2 is 2.28 bits per heavy atom. The van der Waals surface area contributed by atoms with Gasteiger partial charge in [-0.3, -0.25) is 0 Å². The molecule has 1 unspecified atom stereocenters. The van der Waals surface area contributed by atoms with Gasteiger partial charge in [0.25, 0.3) is 0 Å². The van der Waals surface area contributed by atoms with Crippen molar-refractivity contribution in [1.29, 1.82) is 5.26 Å². The Balaban J connectivity index is 1.87. The Morgan fingerprint density at radius 1 is 1.39 bits per heavy atom. The molecular weight excluding hydrogens is 226 g/mol. The highest BCUT2D eigenvalue weighted by Gasteiger charge is 2.05. The van der Waals surface area contributed by atoms with Crippen molar-refractivity contribution in [2.24, 2.45) is 0 Å². The van der Waals surface area contributed by atoms with Gasteiger partial charge < -0.3 is 9.73 Å². The molecule has 0 radical (unpaired) electrons. The summed E-state index contributed by atoms with van der Waals surface area (Å²) >= 11 is 0. The van der Waals surface area contributed by atoms with Crippen LogP contribution in [0.1, 0.15) is 24.8 Å². The summed E-state index contributed by atoms with van der Waals surface area (Å²) < 4.78 is 5.28. The molecule has 0 aliphatic rings. The maximum atomic E-state index is 8.77. The van der Waals surface area contributed by atoms with Gasteiger partial charge in [-0.2, -0.15) is 5.26 Å². The van der Waals surface area contributed by atoms with E-state index in [0.717, 1.165) is 24.4 Å². The van der Waals surface area contributed by atoms with E-state index in [-0.39, 0.29) is 6.04 Å². The zero-order chi connectivity index (χ0) is 12.8. The second-order valence-electron chi connectivity index (χ2n) is 4.18.